The molecule has 2 fully saturated rings. The summed E-state index contributed by atoms with van der Waals surface area (Å²) in [5.74, 6) is 0.0575. The molecule has 35 heavy (non-hydrogen) atoms. The molecule has 1 aromatic rings. The zero-order valence-electron chi connectivity index (χ0n) is 21.7. The Kier molecular flexibility index (Phi) is 9.08. The van der Waals surface area contributed by atoms with Crippen LogP contribution in [0.3, 0.4) is 0 Å². The molecule has 196 valence electrons. The fourth-order valence-electron chi connectivity index (χ4n) is 4.36. The molecule has 2 aliphatic heterocycles. The first-order valence-corrected chi connectivity index (χ1v) is 13.7. The lowest BCUT2D eigenvalue weighted by molar-refractivity contribution is -0.161. The van der Waals surface area contributed by atoms with E-state index in [1.807, 2.05) is 58.6 Å². The predicted octanol–water partition coefficient (Wildman–Crippen LogP) is 4.70. The van der Waals surface area contributed by atoms with E-state index < -0.39 is 27.6 Å². The number of likely N-dealkylation sites (tertiary alicyclic amines) is 1. The molecule has 0 radical (unpaired) electrons. The Bertz CT molecular complexity index is 954. The molecule has 2 saturated heterocycles. The summed E-state index contributed by atoms with van der Waals surface area (Å²) in [4.78, 5) is 14.9. The smallest absolute Gasteiger partial charge is 0.254 e. The van der Waals surface area contributed by atoms with Gasteiger partial charge in [-0.2, -0.15) is 0 Å². The molecule has 2 heterocycles. The molecule has 0 aromatic heterocycles. The van der Waals surface area contributed by atoms with Crippen LogP contribution >= 0.6 is 11.6 Å². The van der Waals surface area contributed by atoms with Crippen molar-refractivity contribution in [3.8, 4) is 5.75 Å². The molecule has 1 amide bonds. The highest BCUT2D eigenvalue weighted by Gasteiger charge is 2.41. The number of ether oxygens (including phenoxy) is 3. The number of carbonyl (C=O) groups is 1. The van der Waals surface area contributed by atoms with E-state index in [0.717, 1.165) is 24.0 Å². The highest BCUT2D eigenvalue weighted by Crippen LogP contribution is 2.39. The second-order valence-corrected chi connectivity index (χ2v) is 13.1. The number of nitrogens with zero attached hydrogens (tertiary/aromatic N) is 1. The Morgan fingerprint density at radius 1 is 1.37 bits per heavy atom. The number of nitrogens with one attached hydrogen (secondary N) is 1. The molecule has 1 aromatic carbocycles. The number of benzene rings is 1. The van der Waals surface area contributed by atoms with Crippen molar-refractivity contribution in [1.82, 2.24) is 9.62 Å². The van der Waals surface area contributed by atoms with Crippen molar-refractivity contribution < 1.29 is 23.2 Å². The average molecular weight is 527 g/mol. The lowest BCUT2D eigenvalue weighted by Gasteiger charge is -2.38. The second kappa shape index (κ2) is 11.3. The van der Waals surface area contributed by atoms with Crippen LogP contribution in [0.15, 0.2) is 24.8 Å². The molecule has 3 rings (SSSR count). The summed E-state index contributed by atoms with van der Waals surface area (Å²) in [5, 5.41) is 0.632. The number of amides is 1. The third-order valence-electron chi connectivity index (χ3n) is 6.38. The highest BCUT2D eigenvalue weighted by atomic mass is 35.5. The molecule has 0 saturated carbocycles. The molecule has 3 atom stereocenters. The number of hydrogen-bond acceptors (Lipinski definition) is 5. The topological polar surface area (TPSA) is 77.1 Å². The van der Waals surface area contributed by atoms with Crippen LogP contribution in [0.5, 0.6) is 5.75 Å². The van der Waals surface area contributed by atoms with Gasteiger partial charge in [0.05, 0.1) is 28.4 Å². The lowest BCUT2D eigenvalue weighted by Crippen LogP contribution is -2.47. The van der Waals surface area contributed by atoms with E-state index in [1.165, 1.54) is 0 Å². The summed E-state index contributed by atoms with van der Waals surface area (Å²) in [6, 6.07) is 3.58. The quantitative estimate of drug-likeness (QED) is 0.497. The molecule has 0 spiro atoms. The van der Waals surface area contributed by atoms with Gasteiger partial charge in [0, 0.05) is 23.7 Å². The largest absolute Gasteiger partial charge is 0.489 e. The fourth-order valence-corrected chi connectivity index (χ4v) is 5.43. The van der Waals surface area contributed by atoms with Gasteiger partial charge < -0.3 is 19.1 Å². The summed E-state index contributed by atoms with van der Waals surface area (Å²) in [7, 11) is -1.31. The van der Waals surface area contributed by atoms with Crippen molar-refractivity contribution in [1.29, 1.82) is 0 Å². The first-order valence-electron chi connectivity index (χ1n) is 12.1. The van der Waals surface area contributed by atoms with E-state index >= 15 is 0 Å². The van der Waals surface area contributed by atoms with E-state index in [-0.39, 0.29) is 24.5 Å². The molecule has 9 heteroatoms. The monoisotopic (exact) mass is 526 g/mol. The van der Waals surface area contributed by atoms with Gasteiger partial charge in [-0.3, -0.25) is 4.79 Å². The van der Waals surface area contributed by atoms with Crippen LogP contribution in [0.2, 0.25) is 5.02 Å². The Morgan fingerprint density at radius 3 is 2.57 bits per heavy atom. The molecular weight excluding hydrogens is 488 g/mol. The number of rotatable bonds is 8. The summed E-state index contributed by atoms with van der Waals surface area (Å²) in [5.41, 5.74) is 1.78. The minimum atomic E-state index is -1.31. The van der Waals surface area contributed by atoms with Crippen LogP contribution in [0.1, 0.15) is 64.6 Å². The predicted molar refractivity (Wildman–Crippen MR) is 140 cm³/mol. The summed E-state index contributed by atoms with van der Waals surface area (Å²) in [6.07, 6.45) is 2.62. The third-order valence-corrected chi connectivity index (χ3v) is 8.37. The van der Waals surface area contributed by atoms with Gasteiger partial charge in [0.2, 0.25) is 0 Å². The van der Waals surface area contributed by atoms with Crippen LogP contribution in [0.25, 0.3) is 0 Å². The second-order valence-electron chi connectivity index (χ2n) is 10.7. The zero-order chi connectivity index (χ0) is 26.0. The first kappa shape index (κ1) is 28.1. The minimum Gasteiger partial charge on any atom is -0.489 e. The van der Waals surface area contributed by atoms with Crippen molar-refractivity contribution in [3.05, 3.63) is 40.9 Å². The van der Waals surface area contributed by atoms with Gasteiger partial charge in [0.15, 0.2) is 11.9 Å². The maximum atomic E-state index is 13.2. The third kappa shape index (κ3) is 7.07. The minimum absolute atomic E-state index is 0.0369. The van der Waals surface area contributed by atoms with Gasteiger partial charge in [0.1, 0.15) is 12.4 Å². The molecular formula is C26H39ClN2O5S. The van der Waals surface area contributed by atoms with E-state index in [9.17, 15) is 9.00 Å². The summed E-state index contributed by atoms with van der Waals surface area (Å²) in [6.45, 7) is 17.0. The Morgan fingerprint density at radius 2 is 2.03 bits per heavy atom. The van der Waals surface area contributed by atoms with E-state index in [2.05, 4.69) is 11.3 Å². The van der Waals surface area contributed by atoms with E-state index in [4.69, 9.17) is 25.8 Å². The van der Waals surface area contributed by atoms with Gasteiger partial charge in [-0.25, -0.2) is 8.93 Å². The van der Waals surface area contributed by atoms with Crippen molar-refractivity contribution in [3.63, 3.8) is 0 Å². The van der Waals surface area contributed by atoms with Gasteiger partial charge in [-0.1, -0.05) is 24.3 Å². The number of piperidine rings is 1. The van der Waals surface area contributed by atoms with Crippen LogP contribution in [0, 0.1) is 12.8 Å². The SMILES string of the molecule is C=CCOc1cc(C)c(Cl)cc1[C@H](NS(=O)C(C)(C)C)C1CCN(C(=O)[C@H]2COC(C)(C)O2)CC1. The molecule has 1 N–H and O–H groups in total. The first-order chi connectivity index (χ1) is 16.3. The standard InChI is InChI=1S/C26H39ClN2O5S/c1-8-13-32-21-14-17(2)20(27)15-19(21)23(28-35(31)25(3,4)5)18-9-11-29(12-10-18)24(30)22-16-33-26(6,7)34-22/h8,14-15,18,22-23,28H,1,9-13,16H2,2-7H3/t22-,23-,35?/m1/s1. The Balaban J connectivity index is 1.83. The molecule has 0 aliphatic carbocycles. The van der Waals surface area contributed by atoms with Crippen LogP contribution in [0.4, 0.5) is 0 Å². The van der Waals surface area contributed by atoms with E-state index in [0.29, 0.717) is 30.5 Å². The normalized spacial score (nSPS) is 22.6. The van der Waals surface area contributed by atoms with Crippen LogP contribution in [-0.4, -0.2) is 58.0 Å². The van der Waals surface area contributed by atoms with Crippen molar-refractivity contribution in [2.24, 2.45) is 5.92 Å². The summed E-state index contributed by atoms with van der Waals surface area (Å²) < 4.78 is 33.5. The molecule has 0 bridgehead atoms. The maximum absolute atomic E-state index is 13.2. The van der Waals surface area contributed by atoms with Crippen LogP contribution in [-0.2, 0) is 25.3 Å². The molecule has 1 unspecified atom stereocenters. The Hall–Kier alpha value is -1.45. The summed E-state index contributed by atoms with van der Waals surface area (Å²) >= 11 is 6.53. The Labute approximate surface area is 217 Å². The van der Waals surface area contributed by atoms with Gasteiger partial charge in [-0.05, 0) is 78.0 Å². The van der Waals surface area contributed by atoms with E-state index in [1.54, 1.807) is 6.08 Å². The fraction of sp³-hybridized carbons (Fsp3) is 0.654. The number of hydrogen-bond donors (Lipinski definition) is 1. The van der Waals surface area contributed by atoms with Gasteiger partial charge in [0.25, 0.3) is 5.91 Å². The highest BCUT2D eigenvalue weighted by molar-refractivity contribution is 7.84. The maximum Gasteiger partial charge on any atom is 0.254 e. The number of carbonyl (C=O) groups excluding carboxylic acids is 1. The average Bonchev–Trinajstić information content (AvgIpc) is 3.16. The molecule has 2 aliphatic rings. The van der Waals surface area contributed by atoms with Gasteiger partial charge >= 0.3 is 0 Å². The lowest BCUT2D eigenvalue weighted by atomic mass is 9.85. The van der Waals surface area contributed by atoms with Crippen molar-refractivity contribution in [2.45, 2.75) is 77.1 Å². The van der Waals surface area contributed by atoms with Crippen molar-refractivity contribution >= 4 is 28.5 Å². The van der Waals surface area contributed by atoms with Crippen molar-refractivity contribution in [2.75, 3.05) is 26.3 Å². The molecule has 7 nitrogen and oxygen atoms in total. The van der Waals surface area contributed by atoms with Crippen LogP contribution < -0.4 is 9.46 Å². The zero-order valence-corrected chi connectivity index (χ0v) is 23.3. The van der Waals surface area contributed by atoms with Gasteiger partial charge in [-0.15, -0.1) is 0 Å². The number of halogens is 1. The number of aryl methyl sites for hydroxylation is 1.